The van der Waals surface area contributed by atoms with Gasteiger partial charge < -0.3 is 16.0 Å². The van der Waals surface area contributed by atoms with Gasteiger partial charge in [-0.25, -0.2) is 0 Å². The molecule has 2 aliphatic carbocycles. The monoisotopic (exact) mass is 394 g/mol. The maximum atomic E-state index is 6.00. The molecule has 0 aromatic carbocycles. The van der Waals surface area contributed by atoms with Crippen LogP contribution in [0.25, 0.3) is 0 Å². The van der Waals surface area contributed by atoms with Gasteiger partial charge in [0.15, 0.2) is 5.96 Å². The van der Waals surface area contributed by atoms with Gasteiger partial charge in [0.05, 0.1) is 6.54 Å². The number of likely N-dealkylation sites (N-methyl/N-ethyl adjacent to an activating group) is 1. The van der Waals surface area contributed by atoms with Crippen molar-refractivity contribution in [2.75, 3.05) is 27.2 Å². The molecule has 2 rings (SSSR count). The number of nitrogens with one attached hydrogen (secondary N) is 1. The molecular weight excluding hydrogens is 363 g/mol. The predicted molar refractivity (Wildman–Crippen MR) is 96.8 cm³/mol. The number of hydrogen-bond donors (Lipinski definition) is 2. The predicted octanol–water partition coefficient (Wildman–Crippen LogP) is 2.57. The fourth-order valence-corrected chi connectivity index (χ4v) is 3.19. The molecule has 118 valence electrons. The van der Waals surface area contributed by atoms with Gasteiger partial charge in [-0.1, -0.05) is 25.7 Å². The Labute approximate surface area is 141 Å². The van der Waals surface area contributed by atoms with Crippen molar-refractivity contribution in [3.8, 4) is 0 Å². The van der Waals surface area contributed by atoms with E-state index in [1.54, 1.807) is 0 Å². The molecule has 0 radical (unpaired) electrons. The molecule has 0 atom stereocenters. The Bertz CT molecular complexity index is 307. The summed E-state index contributed by atoms with van der Waals surface area (Å²) in [5.41, 5.74) is 6.23. The van der Waals surface area contributed by atoms with E-state index in [0.717, 1.165) is 19.0 Å². The van der Waals surface area contributed by atoms with Crippen LogP contribution in [0, 0.1) is 5.92 Å². The van der Waals surface area contributed by atoms with Gasteiger partial charge in [-0.3, -0.25) is 4.99 Å². The number of hydrogen-bond acceptors (Lipinski definition) is 2. The summed E-state index contributed by atoms with van der Waals surface area (Å²) in [6.07, 6.45) is 10.6. The van der Waals surface area contributed by atoms with Crippen LogP contribution in [0.2, 0.25) is 0 Å². The Balaban J connectivity index is 0.00000200. The molecule has 3 N–H and O–H groups in total. The van der Waals surface area contributed by atoms with Crippen LogP contribution in [-0.2, 0) is 0 Å². The second-order valence-corrected chi connectivity index (χ2v) is 6.56. The average Bonchev–Trinajstić information content (AvgIpc) is 2.35. The van der Waals surface area contributed by atoms with Gasteiger partial charge in [-0.05, 0) is 45.7 Å². The van der Waals surface area contributed by atoms with Crippen LogP contribution in [0.15, 0.2) is 4.99 Å². The van der Waals surface area contributed by atoms with Crippen LogP contribution >= 0.6 is 24.0 Å². The fourth-order valence-electron chi connectivity index (χ4n) is 3.19. The molecule has 0 aromatic heterocycles. The first-order chi connectivity index (χ1) is 9.12. The van der Waals surface area contributed by atoms with E-state index in [4.69, 9.17) is 5.73 Å². The van der Waals surface area contributed by atoms with Crippen LogP contribution in [0.4, 0.5) is 0 Å². The summed E-state index contributed by atoms with van der Waals surface area (Å²) in [6, 6.07) is 0. The van der Waals surface area contributed by atoms with Crippen molar-refractivity contribution >= 4 is 29.9 Å². The van der Waals surface area contributed by atoms with E-state index >= 15 is 0 Å². The molecule has 0 unspecified atom stereocenters. The minimum atomic E-state index is 0. The van der Waals surface area contributed by atoms with Crippen molar-refractivity contribution in [1.82, 2.24) is 10.2 Å². The van der Waals surface area contributed by atoms with Crippen LogP contribution in [-0.4, -0.2) is 43.6 Å². The lowest BCUT2D eigenvalue weighted by Crippen LogP contribution is -2.49. The molecule has 4 nitrogen and oxygen atoms in total. The Hall–Kier alpha value is -0.0400. The molecule has 2 fully saturated rings. The van der Waals surface area contributed by atoms with E-state index in [9.17, 15) is 0 Å². The van der Waals surface area contributed by atoms with Crippen LogP contribution < -0.4 is 11.1 Å². The van der Waals surface area contributed by atoms with E-state index in [2.05, 4.69) is 29.3 Å². The summed E-state index contributed by atoms with van der Waals surface area (Å²) in [4.78, 5) is 6.97. The summed E-state index contributed by atoms with van der Waals surface area (Å²) in [5.74, 6) is 1.46. The third-order valence-corrected chi connectivity index (χ3v) is 5.07. The maximum absolute atomic E-state index is 6.00. The minimum Gasteiger partial charge on any atom is -0.370 e. The molecule has 0 aromatic rings. The second kappa shape index (κ2) is 8.41. The molecule has 0 saturated heterocycles. The average molecular weight is 394 g/mol. The molecule has 0 bridgehead atoms. The number of halogens is 1. The number of aliphatic imine (C=N–C) groups is 1. The third-order valence-electron chi connectivity index (χ3n) is 5.07. The van der Waals surface area contributed by atoms with Crippen molar-refractivity contribution < 1.29 is 0 Å². The SMILES string of the molecule is CN(C)C1(CN=C(N)NCC2CCC2)CCCCC1.I. The summed E-state index contributed by atoms with van der Waals surface area (Å²) in [7, 11) is 4.36. The van der Waals surface area contributed by atoms with Crippen molar-refractivity contribution in [1.29, 1.82) is 0 Å². The standard InChI is InChI=1S/C15H30N4.HI/c1-19(2)15(9-4-3-5-10-15)12-18-14(16)17-11-13-7-6-8-13;/h13H,3-12H2,1-2H3,(H3,16,17,18);1H. The second-order valence-electron chi connectivity index (χ2n) is 6.56. The van der Waals surface area contributed by atoms with Gasteiger partial charge in [-0.15, -0.1) is 24.0 Å². The van der Waals surface area contributed by atoms with E-state index in [0.29, 0.717) is 5.96 Å². The van der Waals surface area contributed by atoms with E-state index in [1.165, 1.54) is 51.4 Å². The van der Waals surface area contributed by atoms with E-state index in [-0.39, 0.29) is 29.5 Å². The summed E-state index contributed by atoms with van der Waals surface area (Å²) in [5, 5.41) is 3.29. The molecule has 0 heterocycles. The number of guanidine groups is 1. The number of nitrogens with two attached hydrogens (primary N) is 1. The van der Waals surface area contributed by atoms with Crippen molar-refractivity contribution in [2.45, 2.75) is 56.9 Å². The highest BCUT2D eigenvalue weighted by Crippen LogP contribution is 2.32. The third kappa shape index (κ3) is 4.76. The molecule has 0 aliphatic heterocycles. The highest BCUT2D eigenvalue weighted by atomic mass is 127. The largest absolute Gasteiger partial charge is 0.370 e. The van der Waals surface area contributed by atoms with E-state index < -0.39 is 0 Å². The zero-order valence-electron chi connectivity index (χ0n) is 13.0. The normalized spacial score (nSPS) is 23.1. The van der Waals surface area contributed by atoms with Crippen molar-refractivity contribution in [3.63, 3.8) is 0 Å². The van der Waals surface area contributed by atoms with Crippen LogP contribution in [0.3, 0.4) is 0 Å². The lowest BCUT2D eigenvalue weighted by Gasteiger charge is -2.42. The Morgan fingerprint density at radius 2 is 1.85 bits per heavy atom. The van der Waals surface area contributed by atoms with Crippen LogP contribution in [0.1, 0.15) is 51.4 Å². The van der Waals surface area contributed by atoms with Gasteiger partial charge in [0.25, 0.3) is 0 Å². The first-order valence-electron chi connectivity index (χ1n) is 7.84. The first kappa shape index (κ1) is 18.0. The zero-order valence-corrected chi connectivity index (χ0v) is 15.4. The van der Waals surface area contributed by atoms with E-state index in [1.807, 2.05) is 0 Å². The molecule has 2 aliphatic rings. The van der Waals surface area contributed by atoms with Crippen molar-refractivity contribution in [2.24, 2.45) is 16.6 Å². The molecular formula is C15H31IN4. The van der Waals surface area contributed by atoms with Gasteiger partial charge in [0, 0.05) is 12.1 Å². The molecule has 20 heavy (non-hydrogen) atoms. The van der Waals surface area contributed by atoms with Gasteiger partial charge in [0.2, 0.25) is 0 Å². The lowest BCUT2D eigenvalue weighted by atomic mass is 9.81. The smallest absolute Gasteiger partial charge is 0.188 e. The summed E-state index contributed by atoms with van der Waals surface area (Å²) in [6.45, 7) is 1.84. The Morgan fingerprint density at radius 3 is 2.35 bits per heavy atom. The van der Waals surface area contributed by atoms with Gasteiger partial charge in [0.1, 0.15) is 0 Å². The molecule has 0 amide bonds. The topological polar surface area (TPSA) is 53.6 Å². The zero-order chi connectivity index (χ0) is 13.7. The van der Waals surface area contributed by atoms with Crippen molar-refractivity contribution in [3.05, 3.63) is 0 Å². The highest BCUT2D eigenvalue weighted by Gasteiger charge is 2.33. The molecule has 0 spiro atoms. The minimum absolute atomic E-state index is 0. The number of nitrogens with zero attached hydrogens (tertiary/aromatic N) is 2. The first-order valence-corrected chi connectivity index (χ1v) is 7.84. The highest BCUT2D eigenvalue weighted by molar-refractivity contribution is 14.0. The molecule has 5 heteroatoms. The van der Waals surface area contributed by atoms with Crippen LogP contribution in [0.5, 0.6) is 0 Å². The van der Waals surface area contributed by atoms with Gasteiger partial charge >= 0.3 is 0 Å². The van der Waals surface area contributed by atoms with Gasteiger partial charge in [-0.2, -0.15) is 0 Å². The fraction of sp³-hybridized carbons (Fsp3) is 0.933. The Morgan fingerprint density at radius 1 is 1.20 bits per heavy atom. The lowest BCUT2D eigenvalue weighted by molar-refractivity contribution is 0.109. The molecule has 2 saturated carbocycles. The summed E-state index contributed by atoms with van der Waals surface area (Å²) >= 11 is 0. The summed E-state index contributed by atoms with van der Waals surface area (Å²) < 4.78 is 0. The maximum Gasteiger partial charge on any atom is 0.188 e. The Kier molecular flexibility index (Phi) is 7.58. The number of rotatable bonds is 5. The quantitative estimate of drug-likeness (QED) is 0.428.